The van der Waals surface area contributed by atoms with Crippen LogP contribution in [0.5, 0.6) is 0 Å². The molecule has 0 saturated carbocycles. The fourth-order valence-corrected chi connectivity index (χ4v) is 3.80. The van der Waals surface area contributed by atoms with E-state index in [1.807, 2.05) is 13.8 Å². The van der Waals surface area contributed by atoms with E-state index >= 15 is 0 Å². The van der Waals surface area contributed by atoms with Crippen molar-refractivity contribution in [1.82, 2.24) is 25.4 Å². The highest BCUT2D eigenvalue weighted by Crippen LogP contribution is 2.24. The summed E-state index contributed by atoms with van der Waals surface area (Å²) in [6.45, 7) is 12.9. The van der Waals surface area contributed by atoms with Gasteiger partial charge in [-0.2, -0.15) is 0 Å². The van der Waals surface area contributed by atoms with Gasteiger partial charge in [0.05, 0.1) is 6.04 Å². The minimum Gasteiger partial charge on any atom is -0.342 e. The molecule has 0 fully saturated rings. The molecule has 1 aromatic heterocycles. The smallest absolute Gasteiger partial charge is 0.252 e. The molecular formula is C20H29N5O. The van der Waals surface area contributed by atoms with E-state index in [9.17, 15) is 4.79 Å². The number of nitrogens with zero attached hydrogens (tertiary/aromatic N) is 3. The van der Waals surface area contributed by atoms with Gasteiger partial charge >= 0.3 is 0 Å². The van der Waals surface area contributed by atoms with Crippen molar-refractivity contribution < 1.29 is 4.79 Å². The van der Waals surface area contributed by atoms with E-state index in [0.29, 0.717) is 0 Å². The van der Waals surface area contributed by atoms with E-state index in [2.05, 4.69) is 58.3 Å². The normalized spacial score (nSPS) is 15.5. The van der Waals surface area contributed by atoms with Crippen LogP contribution in [0.1, 0.15) is 58.6 Å². The molecule has 2 heterocycles. The minimum atomic E-state index is -0.165. The Morgan fingerprint density at radius 2 is 1.85 bits per heavy atom. The highest BCUT2D eigenvalue weighted by atomic mass is 16.1. The molecular weight excluding hydrogens is 326 g/mol. The summed E-state index contributed by atoms with van der Waals surface area (Å²) in [4.78, 5) is 13.1. The van der Waals surface area contributed by atoms with Crippen LogP contribution in [0.2, 0.25) is 0 Å². The maximum Gasteiger partial charge on any atom is 0.252 e. The molecule has 0 spiro atoms. The molecule has 2 N–H and O–H groups in total. The Labute approximate surface area is 155 Å². The van der Waals surface area contributed by atoms with E-state index in [-0.39, 0.29) is 17.9 Å². The molecule has 1 aromatic carbocycles. The van der Waals surface area contributed by atoms with Crippen molar-refractivity contribution in [3.63, 3.8) is 0 Å². The number of fused-ring (bicyclic) bond motifs is 1. The second kappa shape index (κ2) is 7.58. The molecule has 140 valence electrons. The lowest BCUT2D eigenvalue weighted by molar-refractivity contribution is 0.0920. The summed E-state index contributed by atoms with van der Waals surface area (Å²) >= 11 is 0. The minimum absolute atomic E-state index is 0.0391. The highest BCUT2D eigenvalue weighted by Gasteiger charge is 2.27. The molecule has 3 rings (SSSR count). The molecule has 1 amide bonds. The summed E-state index contributed by atoms with van der Waals surface area (Å²) in [6.07, 6.45) is 0.863. The van der Waals surface area contributed by atoms with Crippen molar-refractivity contribution in [2.45, 2.75) is 53.6 Å². The second-order valence-corrected chi connectivity index (χ2v) is 7.59. The van der Waals surface area contributed by atoms with Crippen LogP contribution >= 0.6 is 0 Å². The van der Waals surface area contributed by atoms with Gasteiger partial charge in [-0.05, 0) is 37.8 Å². The Morgan fingerprint density at radius 1 is 1.15 bits per heavy atom. The molecule has 0 unspecified atom stereocenters. The van der Waals surface area contributed by atoms with Gasteiger partial charge in [0, 0.05) is 31.6 Å². The number of aromatic nitrogens is 3. The van der Waals surface area contributed by atoms with Crippen LogP contribution in [0.25, 0.3) is 0 Å². The number of carbonyl (C=O) groups excluding carboxylic acids is 1. The quantitative estimate of drug-likeness (QED) is 0.884. The van der Waals surface area contributed by atoms with E-state index in [1.54, 1.807) is 0 Å². The Hall–Kier alpha value is -2.21. The first-order chi connectivity index (χ1) is 12.4. The van der Waals surface area contributed by atoms with Gasteiger partial charge in [-0.15, -0.1) is 10.2 Å². The topological polar surface area (TPSA) is 71.8 Å². The zero-order chi connectivity index (χ0) is 18.8. The number of hydrogen-bond donors (Lipinski definition) is 2. The molecule has 0 aliphatic carbocycles. The van der Waals surface area contributed by atoms with E-state index in [1.165, 1.54) is 5.56 Å². The molecule has 26 heavy (non-hydrogen) atoms. The number of amides is 1. The summed E-state index contributed by atoms with van der Waals surface area (Å²) in [7, 11) is 0. The van der Waals surface area contributed by atoms with E-state index < -0.39 is 0 Å². The predicted octanol–water partition coefficient (Wildman–Crippen LogP) is 2.48. The number of nitrogens with one attached hydrogen (secondary N) is 2. The molecule has 6 nitrogen and oxygen atoms in total. The average molecular weight is 355 g/mol. The first-order valence-electron chi connectivity index (χ1n) is 9.40. The van der Waals surface area contributed by atoms with Crippen LogP contribution in [-0.4, -0.2) is 33.8 Å². The monoisotopic (exact) mass is 355 g/mol. The first kappa shape index (κ1) is 18.6. The Kier molecular flexibility index (Phi) is 5.41. The van der Waals surface area contributed by atoms with E-state index in [0.717, 1.165) is 54.4 Å². The van der Waals surface area contributed by atoms with Gasteiger partial charge in [-0.3, -0.25) is 4.79 Å². The molecule has 6 heteroatoms. The molecule has 0 bridgehead atoms. The second-order valence-electron chi connectivity index (χ2n) is 7.59. The molecule has 2 aromatic rings. The van der Waals surface area contributed by atoms with Gasteiger partial charge in [0.1, 0.15) is 5.82 Å². The van der Waals surface area contributed by atoms with Gasteiger partial charge in [0.25, 0.3) is 5.91 Å². The third-order valence-electron chi connectivity index (χ3n) is 5.03. The number of hydrogen-bond acceptors (Lipinski definition) is 4. The number of rotatable bonds is 4. The predicted molar refractivity (Wildman–Crippen MR) is 102 cm³/mol. The molecule has 0 saturated heterocycles. The third kappa shape index (κ3) is 3.65. The van der Waals surface area contributed by atoms with Crippen LogP contribution in [0.15, 0.2) is 12.1 Å². The summed E-state index contributed by atoms with van der Waals surface area (Å²) in [5.41, 5.74) is 3.95. The fraction of sp³-hybridized carbons (Fsp3) is 0.550. The molecule has 1 atom stereocenters. The summed E-state index contributed by atoms with van der Waals surface area (Å²) < 4.78 is 2.17. The van der Waals surface area contributed by atoms with Crippen molar-refractivity contribution in [3.8, 4) is 0 Å². The van der Waals surface area contributed by atoms with Crippen molar-refractivity contribution >= 4 is 5.91 Å². The van der Waals surface area contributed by atoms with Crippen molar-refractivity contribution in [3.05, 3.63) is 46.0 Å². The molecule has 0 radical (unpaired) electrons. The van der Waals surface area contributed by atoms with Gasteiger partial charge in [0.2, 0.25) is 0 Å². The first-order valence-corrected chi connectivity index (χ1v) is 9.40. The van der Waals surface area contributed by atoms with Crippen LogP contribution < -0.4 is 10.6 Å². The van der Waals surface area contributed by atoms with Gasteiger partial charge in [-0.1, -0.05) is 31.5 Å². The van der Waals surface area contributed by atoms with Crippen LogP contribution in [-0.2, 0) is 13.0 Å². The van der Waals surface area contributed by atoms with Crippen molar-refractivity contribution in [2.24, 2.45) is 5.92 Å². The summed E-state index contributed by atoms with van der Waals surface area (Å²) in [6, 6.07) is 3.95. The van der Waals surface area contributed by atoms with Gasteiger partial charge in [-0.25, -0.2) is 0 Å². The van der Waals surface area contributed by atoms with Crippen LogP contribution in [0.3, 0.4) is 0 Å². The lowest BCUT2D eigenvalue weighted by atomic mass is 9.97. The fourth-order valence-electron chi connectivity index (χ4n) is 3.80. The maximum absolute atomic E-state index is 13.1. The molecule has 1 aliphatic rings. The summed E-state index contributed by atoms with van der Waals surface area (Å²) in [5, 5.41) is 15.4. The Balaban J connectivity index is 1.91. The van der Waals surface area contributed by atoms with Gasteiger partial charge in [0.15, 0.2) is 5.82 Å². The standard InChI is InChI=1S/C20H29N5O/c1-12(2)18(19-24-23-16-6-7-21-8-9-25(16)19)22-20(26)17-14(4)10-13(3)11-15(17)5/h10-12,18,21H,6-9H2,1-5H3,(H,22,26)/t18-/m0/s1. The van der Waals surface area contributed by atoms with Crippen molar-refractivity contribution in [2.75, 3.05) is 13.1 Å². The average Bonchev–Trinajstić information content (AvgIpc) is 2.79. The lowest BCUT2D eigenvalue weighted by Gasteiger charge is -2.23. The largest absolute Gasteiger partial charge is 0.342 e. The maximum atomic E-state index is 13.1. The zero-order valence-corrected chi connectivity index (χ0v) is 16.4. The van der Waals surface area contributed by atoms with Crippen molar-refractivity contribution in [1.29, 1.82) is 0 Å². The Bertz CT molecular complexity index is 786. The Morgan fingerprint density at radius 3 is 2.50 bits per heavy atom. The third-order valence-corrected chi connectivity index (χ3v) is 5.03. The summed E-state index contributed by atoms with van der Waals surface area (Å²) in [5.74, 6) is 2.03. The van der Waals surface area contributed by atoms with Crippen LogP contribution in [0, 0.1) is 26.7 Å². The zero-order valence-electron chi connectivity index (χ0n) is 16.4. The number of carbonyl (C=O) groups is 1. The van der Waals surface area contributed by atoms with Crippen LogP contribution in [0.4, 0.5) is 0 Å². The number of benzene rings is 1. The van der Waals surface area contributed by atoms with Gasteiger partial charge < -0.3 is 15.2 Å². The molecule has 1 aliphatic heterocycles. The lowest BCUT2D eigenvalue weighted by Crippen LogP contribution is -2.35. The SMILES string of the molecule is Cc1cc(C)c(C(=O)N[C@H](c2nnc3n2CCNCC3)C(C)C)c(C)c1. The number of aryl methyl sites for hydroxylation is 3. The highest BCUT2D eigenvalue weighted by molar-refractivity contribution is 5.97. The van der Waals surface area contributed by atoms with E-state index in [4.69, 9.17) is 0 Å².